The summed E-state index contributed by atoms with van der Waals surface area (Å²) in [7, 11) is 0. The van der Waals surface area contributed by atoms with Crippen LogP contribution in [-0.4, -0.2) is 44.8 Å². The van der Waals surface area contributed by atoms with Crippen LogP contribution in [0.2, 0.25) is 0 Å². The second-order valence-corrected chi connectivity index (χ2v) is 4.75. The predicted octanol–water partition coefficient (Wildman–Crippen LogP) is -1.14. The van der Waals surface area contributed by atoms with Gasteiger partial charge in [0.05, 0.1) is 5.92 Å². The van der Waals surface area contributed by atoms with Crippen LogP contribution in [0.15, 0.2) is 21.7 Å². The number of aromatic nitrogens is 2. The molecule has 0 saturated carbocycles. The van der Waals surface area contributed by atoms with Gasteiger partial charge in [0.2, 0.25) is 5.91 Å². The number of carboxylic acid groups (broad SMARTS) is 1. The molecule has 0 aliphatic carbocycles. The van der Waals surface area contributed by atoms with Crippen molar-refractivity contribution in [3.8, 4) is 0 Å². The Morgan fingerprint density at radius 3 is 2.80 bits per heavy atom. The lowest BCUT2D eigenvalue weighted by Crippen LogP contribution is -2.45. The van der Waals surface area contributed by atoms with Gasteiger partial charge in [0.15, 0.2) is 0 Å². The molecule has 0 aromatic carbocycles. The molecule has 1 saturated heterocycles. The number of nitrogens with zero attached hydrogens (tertiary/aromatic N) is 2. The van der Waals surface area contributed by atoms with Crippen molar-refractivity contribution in [3.63, 3.8) is 0 Å². The molecule has 1 amide bonds. The molecular weight excluding hydrogens is 266 g/mol. The quantitative estimate of drug-likeness (QED) is 0.727. The Morgan fingerprint density at radius 2 is 2.10 bits per heavy atom. The van der Waals surface area contributed by atoms with E-state index in [2.05, 4.69) is 5.10 Å². The van der Waals surface area contributed by atoms with Crippen molar-refractivity contribution in [2.75, 3.05) is 13.1 Å². The average Bonchev–Trinajstić information content (AvgIpc) is 2.43. The number of aliphatic carboxylic acids is 1. The molecule has 2 heterocycles. The van der Waals surface area contributed by atoms with Crippen LogP contribution >= 0.6 is 0 Å². The Labute approximate surface area is 113 Å². The molecule has 1 aliphatic rings. The lowest BCUT2D eigenvalue weighted by molar-refractivity contribution is -0.145. The normalized spacial score (nSPS) is 18.8. The zero-order valence-electron chi connectivity index (χ0n) is 10.7. The summed E-state index contributed by atoms with van der Waals surface area (Å²) >= 11 is 0. The zero-order chi connectivity index (χ0) is 14.7. The molecular formula is C12H15N3O5. The summed E-state index contributed by atoms with van der Waals surface area (Å²) in [4.78, 5) is 47.0. The zero-order valence-corrected chi connectivity index (χ0v) is 10.7. The number of amides is 1. The molecule has 1 atom stereocenters. The van der Waals surface area contributed by atoms with Gasteiger partial charge in [-0.2, -0.15) is 0 Å². The van der Waals surface area contributed by atoms with Crippen LogP contribution in [0.5, 0.6) is 0 Å². The smallest absolute Gasteiger partial charge is 0.308 e. The third-order valence-electron chi connectivity index (χ3n) is 3.31. The maximum Gasteiger partial charge on any atom is 0.308 e. The Hall–Kier alpha value is -2.38. The number of nitrogens with one attached hydrogen (secondary N) is 1. The van der Waals surface area contributed by atoms with Crippen molar-refractivity contribution in [2.45, 2.75) is 19.4 Å². The Kier molecular flexibility index (Phi) is 4.02. The SMILES string of the molecule is O=C(O)[C@H]1CCCN(C(=O)Cn2[nH]c(=O)ccc2=O)C1. The number of aromatic amines is 1. The van der Waals surface area contributed by atoms with Crippen molar-refractivity contribution < 1.29 is 14.7 Å². The maximum absolute atomic E-state index is 12.1. The van der Waals surface area contributed by atoms with E-state index in [1.54, 1.807) is 0 Å². The van der Waals surface area contributed by atoms with Crippen LogP contribution in [0.3, 0.4) is 0 Å². The highest BCUT2D eigenvalue weighted by atomic mass is 16.4. The van der Waals surface area contributed by atoms with E-state index in [1.165, 1.54) is 4.90 Å². The molecule has 0 unspecified atom stereocenters. The van der Waals surface area contributed by atoms with Gasteiger partial charge in [0.1, 0.15) is 6.54 Å². The number of hydrogen-bond donors (Lipinski definition) is 2. The molecule has 0 spiro atoms. The summed E-state index contributed by atoms with van der Waals surface area (Å²) in [5.74, 6) is -1.87. The minimum Gasteiger partial charge on any atom is -0.481 e. The Morgan fingerprint density at radius 1 is 1.35 bits per heavy atom. The van der Waals surface area contributed by atoms with Gasteiger partial charge >= 0.3 is 5.97 Å². The monoisotopic (exact) mass is 281 g/mol. The fraction of sp³-hybridized carbons (Fsp3) is 0.500. The van der Waals surface area contributed by atoms with Gasteiger partial charge in [-0.05, 0) is 12.8 Å². The lowest BCUT2D eigenvalue weighted by atomic mass is 9.98. The Bertz CT molecular complexity index is 632. The predicted molar refractivity (Wildman–Crippen MR) is 68.3 cm³/mol. The van der Waals surface area contributed by atoms with Crippen LogP contribution in [0.1, 0.15) is 12.8 Å². The molecule has 108 valence electrons. The lowest BCUT2D eigenvalue weighted by Gasteiger charge is -2.30. The highest BCUT2D eigenvalue weighted by molar-refractivity contribution is 5.77. The van der Waals surface area contributed by atoms with Gasteiger partial charge in [-0.15, -0.1) is 0 Å². The fourth-order valence-corrected chi connectivity index (χ4v) is 2.22. The third-order valence-corrected chi connectivity index (χ3v) is 3.31. The number of carbonyl (C=O) groups excluding carboxylic acids is 1. The minimum atomic E-state index is -0.923. The molecule has 1 aromatic rings. The number of carboxylic acids is 1. The molecule has 1 fully saturated rings. The molecule has 2 N–H and O–H groups in total. The summed E-state index contributed by atoms with van der Waals surface area (Å²) < 4.78 is 0.926. The second-order valence-electron chi connectivity index (χ2n) is 4.75. The number of rotatable bonds is 3. The van der Waals surface area contributed by atoms with Crippen LogP contribution < -0.4 is 11.1 Å². The topological polar surface area (TPSA) is 112 Å². The molecule has 1 aliphatic heterocycles. The Balaban J connectivity index is 2.08. The number of likely N-dealkylation sites (tertiary alicyclic amines) is 1. The third kappa shape index (κ3) is 3.14. The van der Waals surface area contributed by atoms with E-state index < -0.39 is 23.0 Å². The fourth-order valence-electron chi connectivity index (χ4n) is 2.22. The van der Waals surface area contributed by atoms with Crippen LogP contribution in [0.4, 0.5) is 0 Å². The van der Waals surface area contributed by atoms with Crippen molar-refractivity contribution in [3.05, 3.63) is 32.8 Å². The van der Waals surface area contributed by atoms with E-state index in [0.29, 0.717) is 19.4 Å². The molecule has 2 rings (SSSR count). The van der Waals surface area contributed by atoms with Crippen LogP contribution in [0.25, 0.3) is 0 Å². The van der Waals surface area contributed by atoms with Gasteiger partial charge in [0.25, 0.3) is 11.1 Å². The largest absolute Gasteiger partial charge is 0.481 e. The summed E-state index contributed by atoms with van der Waals surface area (Å²) in [5.41, 5.74) is -0.954. The minimum absolute atomic E-state index is 0.139. The van der Waals surface area contributed by atoms with E-state index in [1.807, 2.05) is 0 Å². The second kappa shape index (κ2) is 5.72. The first-order valence-electron chi connectivity index (χ1n) is 6.28. The standard InChI is InChI=1S/C12H15N3O5/c16-9-3-4-10(17)15(13-9)7-11(18)14-5-1-2-8(6-14)12(19)20/h3-4,8H,1-2,5-7H2,(H,13,16)(H,19,20)/t8-/m0/s1. The van der Waals surface area contributed by atoms with Gasteiger partial charge in [-0.3, -0.25) is 24.3 Å². The summed E-state index contributed by atoms with van der Waals surface area (Å²) in [6.07, 6.45) is 1.16. The first-order valence-corrected chi connectivity index (χ1v) is 6.28. The van der Waals surface area contributed by atoms with Crippen molar-refractivity contribution in [1.29, 1.82) is 0 Å². The van der Waals surface area contributed by atoms with Gasteiger partial charge in [-0.25, -0.2) is 4.68 Å². The van der Waals surface area contributed by atoms with E-state index >= 15 is 0 Å². The van der Waals surface area contributed by atoms with Crippen LogP contribution in [0, 0.1) is 5.92 Å². The average molecular weight is 281 g/mol. The van der Waals surface area contributed by atoms with E-state index in [4.69, 9.17) is 5.11 Å². The highest BCUT2D eigenvalue weighted by Gasteiger charge is 2.28. The van der Waals surface area contributed by atoms with Gasteiger partial charge in [0, 0.05) is 25.2 Å². The van der Waals surface area contributed by atoms with Gasteiger partial charge in [-0.1, -0.05) is 0 Å². The van der Waals surface area contributed by atoms with Gasteiger partial charge < -0.3 is 10.0 Å². The molecule has 8 heteroatoms. The van der Waals surface area contributed by atoms with Crippen molar-refractivity contribution in [1.82, 2.24) is 14.7 Å². The number of piperidine rings is 1. The van der Waals surface area contributed by atoms with Crippen molar-refractivity contribution in [2.24, 2.45) is 5.92 Å². The van der Waals surface area contributed by atoms with Crippen molar-refractivity contribution >= 4 is 11.9 Å². The number of H-pyrrole nitrogens is 1. The van der Waals surface area contributed by atoms with E-state index in [-0.39, 0.29) is 19.0 Å². The van der Waals surface area contributed by atoms with E-state index in [0.717, 1.165) is 16.8 Å². The molecule has 1 aromatic heterocycles. The summed E-state index contributed by atoms with van der Waals surface area (Å²) in [5, 5.41) is 11.2. The maximum atomic E-state index is 12.1. The molecule has 8 nitrogen and oxygen atoms in total. The summed E-state index contributed by atoms with van der Waals surface area (Å²) in [6.45, 7) is 0.315. The molecule has 20 heavy (non-hydrogen) atoms. The molecule has 0 bridgehead atoms. The highest BCUT2D eigenvalue weighted by Crippen LogP contribution is 2.16. The van der Waals surface area contributed by atoms with Crippen LogP contribution in [-0.2, 0) is 16.1 Å². The van der Waals surface area contributed by atoms with E-state index in [9.17, 15) is 19.2 Å². The number of carbonyl (C=O) groups is 2. The molecule has 0 radical (unpaired) electrons. The number of hydrogen-bond acceptors (Lipinski definition) is 4. The first kappa shape index (κ1) is 14.0. The first-order chi connectivity index (χ1) is 9.47. The summed E-state index contributed by atoms with van der Waals surface area (Å²) in [6, 6.07) is 2.17.